The monoisotopic (exact) mass is 766 g/mol. The van der Waals surface area contributed by atoms with Gasteiger partial charge in [0.1, 0.15) is 24.3 Å². The number of nitrogens with zero attached hydrogens (tertiary/aromatic N) is 8. The average molecular weight is 767 g/mol. The number of piperidine rings is 2. The van der Waals surface area contributed by atoms with Gasteiger partial charge in [-0.3, -0.25) is 0 Å². The molecule has 6 aliphatic rings. The van der Waals surface area contributed by atoms with Crippen molar-refractivity contribution in [3.63, 3.8) is 0 Å². The van der Waals surface area contributed by atoms with Gasteiger partial charge in [-0.1, -0.05) is 0 Å². The number of hydrogen-bond donors (Lipinski definition) is 6. The van der Waals surface area contributed by atoms with Crippen LogP contribution >= 0.6 is 0 Å². The van der Waals surface area contributed by atoms with Gasteiger partial charge in [0, 0.05) is 52.4 Å². The maximum atomic E-state index is 13.8. The Bertz CT molecular complexity index is 1670. The molecule has 0 radical (unpaired) electrons. The average Bonchev–Trinajstić information content (AvgIpc) is 3.82. The lowest BCUT2D eigenvalue weighted by molar-refractivity contribution is -0.101. The number of aromatic nitrogens is 4. The molecule has 4 saturated heterocycles. The van der Waals surface area contributed by atoms with Crippen molar-refractivity contribution in [2.75, 3.05) is 66.5 Å². The smallest absolute Gasteiger partial charge is 0.420 e. The lowest BCUT2D eigenvalue weighted by Gasteiger charge is -2.35. The highest BCUT2D eigenvalue weighted by Crippen LogP contribution is 2.63. The number of carbonyl (C=O) groups is 2. The van der Waals surface area contributed by atoms with E-state index in [0.717, 1.165) is 35.8 Å². The second kappa shape index (κ2) is 13.9. The summed E-state index contributed by atoms with van der Waals surface area (Å²) in [5, 5.41) is 51.2. The van der Waals surface area contributed by atoms with Gasteiger partial charge in [-0.05, 0) is 63.5 Å². The number of hydroxylamine groups is 4. The summed E-state index contributed by atoms with van der Waals surface area (Å²) >= 11 is 0. The molecule has 2 aromatic rings. The van der Waals surface area contributed by atoms with Crippen LogP contribution < -0.4 is 21.3 Å². The second-order valence-corrected chi connectivity index (χ2v) is 16.0. The van der Waals surface area contributed by atoms with Crippen molar-refractivity contribution in [2.24, 2.45) is 10.8 Å². The Morgan fingerprint density at radius 2 is 1.15 bits per heavy atom. The van der Waals surface area contributed by atoms with E-state index in [9.17, 15) is 28.2 Å². The van der Waals surface area contributed by atoms with Crippen LogP contribution in [0.2, 0.25) is 0 Å². The van der Waals surface area contributed by atoms with Crippen molar-refractivity contribution in [1.82, 2.24) is 61.6 Å². The molecule has 4 amide bonds. The molecule has 8 rings (SSSR count). The third-order valence-electron chi connectivity index (χ3n) is 11.5. The first-order valence-corrected chi connectivity index (χ1v) is 19.4. The molecule has 22 nitrogen and oxygen atoms in total. The Balaban J connectivity index is 0.931. The van der Waals surface area contributed by atoms with Crippen LogP contribution in [0.3, 0.4) is 0 Å². The van der Waals surface area contributed by atoms with E-state index in [4.69, 9.17) is 17.4 Å². The fourth-order valence-corrected chi connectivity index (χ4v) is 8.95. The van der Waals surface area contributed by atoms with Gasteiger partial charge in [-0.15, -0.1) is 29.0 Å². The molecule has 6 heterocycles. The van der Waals surface area contributed by atoms with E-state index in [0.29, 0.717) is 39.0 Å². The van der Waals surface area contributed by atoms with Crippen molar-refractivity contribution in [1.29, 1.82) is 0 Å². The number of nitrogens with one attached hydrogen (secondary N) is 4. The van der Waals surface area contributed by atoms with E-state index in [1.54, 1.807) is 0 Å². The summed E-state index contributed by atoms with van der Waals surface area (Å²) in [6, 6.07) is -3.92. The molecule has 4 aliphatic heterocycles. The Morgan fingerprint density at radius 1 is 0.736 bits per heavy atom. The van der Waals surface area contributed by atoms with Crippen LogP contribution in [-0.2, 0) is 19.0 Å². The number of amides is 4. The Hall–Kier alpha value is -3.55. The molecule has 4 bridgehead atoms. The number of fused-ring (bicyclic) bond motifs is 6. The predicted octanol–water partition coefficient (Wildman–Crippen LogP) is -1.39. The lowest BCUT2D eigenvalue weighted by atomic mass is 9.85. The molecule has 2 aliphatic carbocycles. The molecule has 6 N–H and O–H groups in total. The standard InChI is InChI=1S/C30H46N12O10S/c1-31-7-9-33-13-19(43)25-37-35-23(49-25)17-11-29(3-4-29)21-15-39(17)27(45)41(21)51-53(47,48)52-42-22-16-40(28(42)46)18(12-30(22)5-6-30)24-36-38-26(50-24)20(44)14-34-10-8-32-2/h17-22,31-34,43-44H,3-16H2,1-2H3/t17-,18-,19-,20-,21-,22-/m0/s1. The van der Waals surface area contributed by atoms with Crippen LogP contribution in [0.25, 0.3) is 0 Å². The van der Waals surface area contributed by atoms with Crippen LogP contribution in [0.4, 0.5) is 9.59 Å². The fraction of sp³-hybridized carbons (Fsp3) is 0.800. The van der Waals surface area contributed by atoms with E-state index >= 15 is 0 Å². The third kappa shape index (κ3) is 6.75. The molecule has 53 heavy (non-hydrogen) atoms. The normalized spacial score (nSPS) is 27.8. The lowest BCUT2D eigenvalue weighted by Crippen LogP contribution is -2.45. The number of aliphatic hydroxyl groups excluding tert-OH is 2. The van der Waals surface area contributed by atoms with Gasteiger partial charge in [0.2, 0.25) is 23.6 Å². The number of rotatable bonds is 18. The maximum absolute atomic E-state index is 13.8. The quantitative estimate of drug-likeness (QED) is 0.0954. The van der Waals surface area contributed by atoms with Crippen LogP contribution in [0.15, 0.2) is 8.83 Å². The minimum atomic E-state index is -4.98. The minimum absolute atomic E-state index is 0.0109. The first-order valence-electron chi connectivity index (χ1n) is 18.1. The van der Waals surface area contributed by atoms with Crippen LogP contribution in [0, 0.1) is 10.8 Å². The van der Waals surface area contributed by atoms with Gasteiger partial charge in [-0.2, -0.15) is 18.5 Å². The highest BCUT2D eigenvalue weighted by molar-refractivity contribution is 7.81. The first kappa shape index (κ1) is 36.4. The predicted molar refractivity (Wildman–Crippen MR) is 177 cm³/mol. The molecular weight excluding hydrogens is 720 g/mol. The van der Waals surface area contributed by atoms with E-state index in [2.05, 4.69) is 41.7 Å². The molecular formula is C30H46N12O10S. The second-order valence-electron chi connectivity index (χ2n) is 14.9. The van der Waals surface area contributed by atoms with Crippen molar-refractivity contribution >= 4 is 22.5 Å². The number of aliphatic hydroxyl groups is 2. The molecule has 2 aromatic heterocycles. The van der Waals surface area contributed by atoms with Crippen LogP contribution in [-0.4, -0.2) is 150 Å². The van der Waals surface area contributed by atoms with E-state index < -0.39 is 69.7 Å². The van der Waals surface area contributed by atoms with E-state index in [1.807, 2.05) is 14.1 Å². The summed E-state index contributed by atoms with van der Waals surface area (Å²) < 4.78 is 49.6. The Kier molecular flexibility index (Phi) is 9.58. The van der Waals surface area contributed by atoms with Gasteiger partial charge >= 0.3 is 22.5 Å². The Labute approximate surface area is 305 Å². The number of likely N-dealkylation sites (N-methyl/N-ethyl adjacent to an activating group) is 2. The fourth-order valence-electron chi connectivity index (χ4n) is 8.19. The summed E-state index contributed by atoms with van der Waals surface area (Å²) in [5.74, 6) is 0.310. The SMILES string of the molecule is CNCCNC[C@H](O)c1nnc([C@@H]2CC3(CC3)[C@@H]3CN2C(=O)N3OS(=O)(=O)ON2C(=O)N3C[C@H]2C2(CC2)C[C@H]3c2nnc([C@@H](O)CNCCNC)o2)o1. The zero-order valence-electron chi connectivity index (χ0n) is 29.5. The van der Waals surface area contributed by atoms with E-state index in [1.165, 1.54) is 9.80 Å². The highest BCUT2D eigenvalue weighted by atomic mass is 32.3. The van der Waals surface area contributed by atoms with Crippen molar-refractivity contribution in [2.45, 2.75) is 74.9 Å². The third-order valence-corrected chi connectivity index (χ3v) is 12.2. The van der Waals surface area contributed by atoms with Crippen molar-refractivity contribution in [3.05, 3.63) is 23.6 Å². The summed E-state index contributed by atoms with van der Waals surface area (Å²) in [6.45, 7) is 3.37. The van der Waals surface area contributed by atoms with Crippen LogP contribution in [0.1, 0.15) is 86.4 Å². The van der Waals surface area contributed by atoms with Gasteiger partial charge in [0.25, 0.3) is 0 Å². The minimum Gasteiger partial charge on any atom is -0.420 e. The van der Waals surface area contributed by atoms with Gasteiger partial charge < -0.3 is 50.1 Å². The topological polar surface area (TPSA) is 266 Å². The summed E-state index contributed by atoms with van der Waals surface area (Å²) in [6.07, 6.45) is 1.67. The van der Waals surface area contributed by atoms with E-state index in [-0.39, 0.29) is 49.7 Å². The molecule has 6 fully saturated rings. The molecule has 0 aromatic carbocycles. The zero-order chi connectivity index (χ0) is 37.1. The van der Waals surface area contributed by atoms with Gasteiger partial charge in [0.15, 0.2) is 0 Å². The number of hydrogen-bond acceptors (Lipinski definition) is 18. The Morgan fingerprint density at radius 3 is 1.53 bits per heavy atom. The number of carbonyl (C=O) groups excluding carboxylic acids is 2. The molecule has 2 spiro atoms. The number of urea groups is 2. The largest absolute Gasteiger partial charge is 0.442 e. The van der Waals surface area contributed by atoms with Gasteiger partial charge in [-0.25, -0.2) is 9.59 Å². The molecule has 2 saturated carbocycles. The first-order chi connectivity index (χ1) is 25.5. The van der Waals surface area contributed by atoms with Crippen molar-refractivity contribution < 1.29 is 45.6 Å². The summed E-state index contributed by atoms with van der Waals surface area (Å²) in [4.78, 5) is 30.4. The summed E-state index contributed by atoms with van der Waals surface area (Å²) in [5.41, 5.74) is -0.887. The van der Waals surface area contributed by atoms with Gasteiger partial charge in [0.05, 0.1) is 12.1 Å². The molecule has 292 valence electrons. The maximum Gasteiger partial charge on any atom is 0.442 e. The molecule has 0 unspecified atom stereocenters. The molecule has 6 atom stereocenters. The summed E-state index contributed by atoms with van der Waals surface area (Å²) in [7, 11) is -1.33. The van der Waals surface area contributed by atoms with Crippen molar-refractivity contribution in [3.8, 4) is 0 Å². The highest BCUT2D eigenvalue weighted by Gasteiger charge is 2.67. The molecule has 23 heteroatoms. The van der Waals surface area contributed by atoms with Crippen LogP contribution in [0.5, 0.6) is 0 Å². The zero-order valence-corrected chi connectivity index (χ0v) is 30.3.